The summed E-state index contributed by atoms with van der Waals surface area (Å²) in [6, 6.07) is 14.4. The molecule has 0 saturated carbocycles. The predicted octanol–water partition coefficient (Wildman–Crippen LogP) is 3.20. The van der Waals surface area contributed by atoms with E-state index in [1.165, 1.54) is 0 Å². The number of para-hydroxylation sites is 2. The van der Waals surface area contributed by atoms with Gasteiger partial charge in [-0.15, -0.1) is 0 Å². The fourth-order valence-electron chi connectivity index (χ4n) is 2.53. The molecule has 3 nitrogen and oxygen atoms in total. The van der Waals surface area contributed by atoms with Crippen LogP contribution in [0.4, 0.5) is 0 Å². The molecule has 0 radical (unpaired) electrons. The molecule has 0 bridgehead atoms. The van der Waals surface area contributed by atoms with Gasteiger partial charge in [-0.25, -0.2) is 4.57 Å². The molecule has 0 aliphatic rings. The number of hydrogen-bond acceptors (Lipinski definition) is 1. The molecule has 2 aromatic heterocycles. The Labute approximate surface area is 110 Å². The van der Waals surface area contributed by atoms with Gasteiger partial charge in [0.1, 0.15) is 18.0 Å². The Morgan fingerprint density at radius 1 is 1.00 bits per heavy atom. The van der Waals surface area contributed by atoms with Gasteiger partial charge in [0.2, 0.25) is 6.33 Å². The topological polar surface area (TPSA) is 21.9 Å². The first-order valence-corrected chi connectivity index (χ1v) is 6.27. The van der Waals surface area contributed by atoms with Crippen LogP contribution < -0.4 is 4.57 Å². The molecule has 0 amide bonds. The molecular weight excluding hydrogens is 236 g/mol. The van der Waals surface area contributed by atoms with E-state index in [0.29, 0.717) is 0 Å². The highest BCUT2D eigenvalue weighted by atomic mass is 16.3. The van der Waals surface area contributed by atoms with Crippen molar-refractivity contribution in [2.75, 3.05) is 0 Å². The van der Waals surface area contributed by atoms with Crippen LogP contribution in [0.15, 0.2) is 65.6 Å². The molecule has 0 aliphatic carbocycles. The van der Waals surface area contributed by atoms with E-state index in [2.05, 4.69) is 28.8 Å². The summed E-state index contributed by atoms with van der Waals surface area (Å²) >= 11 is 0. The normalized spacial score (nSPS) is 11.4. The second-order valence-electron chi connectivity index (χ2n) is 4.74. The highest BCUT2D eigenvalue weighted by molar-refractivity contribution is 6.06. The van der Waals surface area contributed by atoms with Crippen LogP contribution in [-0.4, -0.2) is 4.57 Å². The van der Waals surface area contributed by atoms with Gasteiger partial charge in [0.05, 0.1) is 7.05 Å². The van der Waals surface area contributed by atoms with Crippen molar-refractivity contribution < 1.29 is 8.98 Å². The maximum atomic E-state index is 6.02. The minimum Gasteiger partial charge on any atom is -0.452 e. The van der Waals surface area contributed by atoms with Crippen molar-refractivity contribution in [3.05, 3.63) is 61.2 Å². The van der Waals surface area contributed by atoms with E-state index in [4.69, 9.17) is 4.42 Å². The van der Waals surface area contributed by atoms with Crippen LogP contribution in [0.5, 0.6) is 0 Å². The molecular formula is C16H13N2O+. The lowest BCUT2D eigenvalue weighted by Gasteiger charge is -1.96. The summed E-state index contributed by atoms with van der Waals surface area (Å²) < 4.78 is 10.1. The highest BCUT2D eigenvalue weighted by Crippen LogP contribution is 2.30. The van der Waals surface area contributed by atoms with Crippen molar-refractivity contribution in [3.63, 3.8) is 0 Å². The number of nitrogens with zero attached hydrogens (tertiary/aromatic N) is 2. The molecule has 0 unspecified atom stereocenters. The number of hydrogen-bond donors (Lipinski definition) is 0. The molecule has 92 valence electrons. The van der Waals surface area contributed by atoms with E-state index < -0.39 is 0 Å². The first-order chi connectivity index (χ1) is 9.33. The summed E-state index contributed by atoms with van der Waals surface area (Å²) in [4.78, 5) is 0. The third-order valence-corrected chi connectivity index (χ3v) is 3.43. The second-order valence-corrected chi connectivity index (χ2v) is 4.74. The maximum absolute atomic E-state index is 6.02. The molecule has 0 spiro atoms. The fourth-order valence-corrected chi connectivity index (χ4v) is 2.53. The first-order valence-electron chi connectivity index (χ1n) is 6.27. The molecule has 0 N–H and O–H groups in total. The van der Waals surface area contributed by atoms with Crippen molar-refractivity contribution in [3.8, 4) is 5.69 Å². The number of furan rings is 1. The lowest BCUT2D eigenvalue weighted by Crippen LogP contribution is -2.27. The SMILES string of the molecule is Cn1cc[n+](-c2cccc3c2oc2ccccc23)c1. The Morgan fingerprint density at radius 2 is 1.84 bits per heavy atom. The largest absolute Gasteiger partial charge is 0.452 e. The van der Waals surface area contributed by atoms with Crippen molar-refractivity contribution in [2.45, 2.75) is 0 Å². The molecule has 0 fully saturated rings. The minimum absolute atomic E-state index is 0.930. The number of fused-ring (bicyclic) bond motifs is 3. The lowest BCUT2D eigenvalue weighted by atomic mass is 10.1. The van der Waals surface area contributed by atoms with Gasteiger partial charge in [-0.05, 0) is 12.1 Å². The molecule has 0 aliphatic heterocycles. The Morgan fingerprint density at radius 3 is 2.68 bits per heavy atom. The molecule has 0 saturated heterocycles. The summed E-state index contributed by atoms with van der Waals surface area (Å²) in [5.74, 6) is 0. The third-order valence-electron chi connectivity index (χ3n) is 3.43. The van der Waals surface area contributed by atoms with E-state index in [1.807, 2.05) is 48.5 Å². The van der Waals surface area contributed by atoms with Crippen LogP contribution >= 0.6 is 0 Å². The average Bonchev–Trinajstić information content (AvgIpc) is 3.02. The van der Waals surface area contributed by atoms with Gasteiger partial charge in [-0.1, -0.05) is 30.3 Å². The zero-order valence-corrected chi connectivity index (χ0v) is 10.6. The Bertz CT molecular complexity index is 886. The number of aromatic nitrogens is 2. The van der Waals surface area contributed by atoms with Gasteiger partial charge in [0.25, 0.3) is 0 Å². The van der Waals surface area contributed by atoms with E-state index in [-0.39, 0.29) is 0 Å². The predicted molar refractivity (Wildman–Crippen MR) is 74.2 cm³/mol. The van der Waals surface area contributed by atoms with Gasteiger partial charge < -0.3 is 4.42 Å². The van der Waals surface area contributed by atoms with Crippen molar-refractivity contribution in [1.29, 1.82) is 0 Å². The van der Waals surface area contributed by atoms with Crippen LogP contribution in [0.2, 0.25) is 0 Å². The Hall–Kier alpha value is -2.55. The Balaban J connectivity index is 2.12. The maximum Gasteiger partial charge on any atom is 0.248 e. The van der Waals surface area contributed by atoms with E-state index in [0.717, 1.165) is 27.6 Å². The summed E-state index contributed by atoms with van der Waals surface area (Å²) in [6.07, 6.45) is 6.07. The van der Waals surface area contributed by atoms with E-state index in [1.54, 1.807) is 0 Å². The molecule has 4 aromatic rings. The molecule has 2 heterocycles. The smallest absolute Gasteiger partial charge is 0.248 e. The van der Waals surface area contributed by atoms with Gasteiger partial charge in [0, 0.05) is 10.8 Å². The summed E-state index contributed by atoms with van der Waals surface area (Å²) in [6.45, 7) is 0. The van der Waals surface area contributed by atoms with Gasteiger partial charge in [-0.2, -0.15) is 4.57 Å². The quantitative estimate of drug-likeness (QED) is 0.475. The number of rotatable bonds is 1. The van der Waals surface area contributed by atoms with Crippen LogP contribution in [0.3, 0.4) is 0 Å². The zero-order valence-electron chi connectivity index (χ0n) is 10.6. The molecule has 2 aromatic carbocycles. The third kappa shape index (κ3) is 1.48. The van der Waals surface area contributed by atoms with E-state index in [9.17, 15) is 0 Å². The number of aryl methyl sites for hydroxylation is 1. The van der Waals surface area contributed by atoms with Crippen molar-refractivity contribution in [2.24, 2.45) is 7.05 Å². The summed E-state index contributed by atoms with van der Waals surface area (Å²) in [5, 5.41) is 2.32. The minimum atomic E-state index is 0.930. The standard InChI is InChI=1S/C16H13N2O/c1-17-9-10-18(11-17)14-7-4-6-13-12-5-2-3-8-15(12)19-16(13)14/h2-11H,1H3/q+1. The molecule has 0 atom stereocenters. The van der Waals surface area contributed by atoms with Crippen LogP contribution in [-0.2, 0) is 7.05 Å². The fraction of sp³-hybridized carbons (Fsp3) is 0.0625. The van der Waals surface area contributed by atoms with Crippen LogP contribution in [0.1, 0.15) is 0 Å². The highest BCUT2D eigenvalue weighted by Gasteiger charge is 2.14. The van der Waals surface area contributed by atoms with E-state index >= 15 is 0 Å². The first kappa shape index (κ1) is 10.4. The zero-order chi connectivity index (χ0) is 12.8. The van der Waals surface area contributed by atoms with Gasteiger partial charge >= 0.3 is 0 Å². The number of benzene rings is 2. The summed E-state index contributed by atoms with van der Waals surface area (Å²) in [7, 11) is 2.01. The van der Waals surface area contributed by atoms with Gasteiger partial charge in [0.15, 0.2) is 11.3 Å². The lowest BCUT2D eigenvalue weighted by molar-refractivity contribution is -0.593. The average molecular weight is 249 g/mol. The van der Waals surface area contributed by atoms with Crippen LogP contribution in [0, 0.1) is 0 Å². The van der Waals surface area contributed by atoms with Crippen LogP contribution in [0.25, 0.3) is 27.6 Å². The van der Waals surface area contributed by atoms with Crippen molar-refractivity contribution in [1.82, 2.24) is 4.57 Å². The Kier molecular flexibility index (Phi) is 2.03. The molecule has 4 rings (SSSR count). The van der Waals surface area contributed by atoms with Gasteiger partial charge in [-0.3, -0.25) is 0 Å². The monoisotopic (exact) mass is 249 g/mol. The number of imidazole rings is 1. The second kappa shape index (κ2) is 3.72. The molecule has 3 heteroatoms. The summed E-state index contributed by atoms with van der Waals surface area (Å²) in [5.41, 5.74) is 2.93. The molecule has 19 heavy (non-hydrogen) atoms. The van der Waals surface area contributed by atoms with Crippen molar-refractivity contribution >= 4 is 21.9 Å².